The Balaban J connectivity index is 1.93. The van der Waals surface area contributed by atoms with Gasteiger partial charge >= 0.3 is 0 Å². The normalized spacial score (nSPS) is 10.8. The second kappa shape index (κ2) is 7.61. The fourth-order valence-electron chi connectivity index (χ4n) is 3.18. The van der Waals surface area contributed by atoms with E-state index in [0.717, 1.165) is 24.3 Å². The van der Waals surface area contributed by atoms with Crippen molar-refractivity contribution in [1.82, 2.24) is 9.55 Å². The zero-order chi connectivity index (χ0) is 19.6. The summed E-state index contributed by atoms with van der Waals surface area (Å²) < 4.78 is 1.45. The number of carbonyl (C=O) groups excluding carboxylic acids is 1. The minimum Gasteiger partial charge on any atom is -0.372 e. The van der Waals surface area contributed by atoms with Gasteiger partial charge < -0.3 is 14.8 Å². The molecule has 0 radical (unpaired) electrons. The molecule has 0 spiro atoms. The summed E-state index contributed by atoms with van der Waals surface area (Å²) in [6, 6.07) is 13.1. The highest BCUT2D eigenvalue weighted by Crippen LogP contribution is 2.23. The molecule has 2 aromatic carbocycles. The Morgan fingerprint density at radius 3 is 2.52 bits per heavy atom. The number of nitrogens with zero attached hydrogens (tertiary/aromatic N) is 3. The summed E-state index contributed by atoms with van der Waals surface area (Å²) in [4.78, 5) is 31.8. The Bertz CT molecular complexity index is 1050. The number of nitrogens with one attached hydrogen (secondary N) is 1. The van der Waals surface area contributed by atoms with Crippen LogP contribution in [0.15, 0.2) is 47.3 Å². The van der Waals surface area contributed by atoms with Crippen LogP contribution in [0, 0.1) is 6.92 Å². The van der Waals surface area contributed by atoms with Crippen LogP contribution in [0.1, 0.15) is 29.9 Å². The summed E-state index contributed by atoms with van der Waals surface area (Å²) in [5.41, 5.74) is 3.50. The van der Waals surface area contributed by atoms with Gasteiger partial charge in [0, 0.05) is 31.5 Å². The van der Waals surface area contributed by atoms with Gasteiger partial charge in [0.1, 0.15) is 0 Å². The molecule has 1 aromatic heterocycles. The van der Waals surface area contributed by atoms with Gasteiger partial charge in [0.2, 0.25) is 0 Å². The van der Waals surface area contributed by atoms with Crippen LogP contribution in [-0.4, -0.2) is 28.5 Å². The monoisotopic (exact) mass is 364 g/mol. The number of para-hydroxylation sites is 2. The molecule has 6 heteroatoms. The maximum absolute atomic E-state index is 12.7. The fourth-order valence-corrected chi connectivity index (χ4v) is 3.18. The van der Waals surface area contributed by atoms with Crippen LogP contribution in [0.2, 0.25) is 0 Å². The fraction of sp³-hybridized carbons (Fsp3) is 0.286. The highest BCUT2D eigenvalue weighted by molar-refractivity contribution is 6.04. The van der Waals surface area contributed by atoms with Gasteiger partial charge in [-0.05, 0) is 56.7 Å². The molecular formula is C21H24N4O2. The molecule has 3 aromatic rings. The molecule has 0 aliphatic carbocycles. The van der Waals surface area contributed by atoms with Crippen molar-refractivity contribution in [3.63, 3.8) is 0 Å². The van der Waals surface area contributed by atoms with E-state index in [2.05, 4.69) is 29.0 Å². The maximum Gasteiger partial charge on any atom is 0.282 e. The first kappa shape index (κ1) is 18.6. The van der Waals surface area contributed by atoms with Crippen LogP contribution >= 0.6 is 0 Å². The quantitative estimate of drug-likeness (QED) is 0.754. The SMILES string of the molecule is CCN(CC)c1ccc(NC(=O)c2nc3ccccc3n(C)c2=O)c(C)c1. The van der Waals surface area contributed by atoms with Crippen molar-refractivity contribution in [2.24, 2.45) is 7.05 Å². The Kier molecular flexibility index (Phi) is 5.26. The number of aryl methyl sites for hydroxylation is 2. The van der Waals surface area contributed by atoms with Gasteiger partial charge in [0.15, 0.2) is 5.69 Å². The number of benzene rings is 2. The zero-order valence-electron chi connectivity index (χ0n) is 16.1. The summed E-state index contributed by atoms with van der Waals surface area (Å²) >= 11 is 0. The van der Waals surface area contributed by atoms with Gasteiger partial charge in [-0.3, -0.25) is 9.59 Å². The highest BCUT2D eigenvalue weighted by Gasteiger charge is 2.17. The largest absolute Gasteiger partial charge is 0.372 e. The van der Waals surface area contributed by atoms with Crippen LogP contribution in [0.3, 0.4) is 0 Å². The van der Waals surface area contributed by atoms with E-state index in [-0.39, 0.29) is 5.69 Å². The molecular weight excluding hydrogens is 340 g/mol. The predicted octanol–water partition coefficient (Wildman–Crippen LogP) is 3.34. The molecule has 1 heterocycles. The van der Waals surface area contributed by atoms with E-state index in [9.17, 15) is 9.59 Å². The second-order valence-electron chi connectivity index (χ2n) is 6.44. The molecule has 0 unspecified atom stereocenters. The van der Waals surface area contributed by atoms with E-state index in [0.29, 0.717) is 16.7 Å². The van der Waals surface area contributed by atoms with Gasteiger partial charge in [0.05, 0.1) is 11.0 Å². The standard InChI is InChI=1S/C21H24N4O2/c1-5-25(6-2)15-11-12-16(14(3)13-15)23-20(26)19-21(27)24(4)18-10-8-7-9-17(18)22-19/h7-13H,5-6H2,1-4H3,(H,23,26). The lowest BCUT2D eigenvalue weighted by Gasteiger charge is -2.22. The topological polar surface area (TPSA) is 67.2 Å². The Labute approximate surface area is 158 Å². The molecule has 0 bridgehead atoms. The van der Waals surface area contributed by atoms with Crippen LogP contribution in [0.25, 0.3) is 11.0 Å². The summed E-state index contributed by atoms with van der Waals surface area (Å²) in [5.74, 6) is -0.500. The second-order valence-corrected chi connectivity index (χ2v) is 6.44. The van der Waals surface area contributed by atoms with Crippen molar-refractivity contribution in [2.75, 3.05) is 23.3 Å². The van der Waals surface area contributed by atoms with E-state index in [1.807, 2.05) is 43.3 Å². The highest BCUT2D eigenvalue weighted by atomic mass is 16.2. The van der Waals surface area contributed by atoms with Gasteiger partial charge in [-0.1, -0.05) is 12.1 Å². The van der Waals surface area contributed by atoms with E-state index in [1.165, 1.54) is 4.57 Å². The number of amides is 1. The van der Waals surface area contributed by atoms with Crippen molar-refractivity contribution in [3.8, 4) is 0 Å². The van der Waals surface area contributed by atoms with Gasteiger partial charge in [-0.2, -0.15) is 0 Å². The van der Waals surface area contributed by atoms with Crippen LogP contribution < -0.4 is 15.8 Å². The molecule has 0 fully saturated rings. The predicted molar refractivity (Wildman–Crippen MR) is 110 cm³/mol. The Morgan fingerprint density at radius 2 is 1.85 bits per heavy atom. The molecule has 27 heavy (non-hydrogen) atoms. The molecule has 0 saturated heterocycles. The van der Waals surface area contributed by atoms with Crippen LogP contribution in [0.5, 0.6) is 0 Å². The third-order valence-electron chi connectivity index (χ3n) is 4.78. The lowest BCUT2D eigenvalue weighted by molar-refractivity contribution is 0.102. The van der Waals surface area contributed by atoms with Crippen LogP contribution in [-0.2, 0) is 7.05 Å². The third-order valence-corrected chi connectivity index (χ3v) is 4.78. The Hall–Kier alpha value is -3.15. The average molecular weight is 364 g/mol. The minimum absolute atomic E-state index is 0.108. The minimum atomic E-state index is -0.500. The van der Waals surface area contributed by atoms with Gasteiger partial charge in [-0.15, -0.1) is 0 Å². The van der Waals surface area contributed by atoms with Crippen molar-refractivity contribution in [1.29, 1.82) is 0 Å². The van der Waals surface area contributed by atoms with Crippen molar-refractivity contribution >= 4 is 28.3 Å². The van der Waals surface area contributed by atoms with Gasteiger partial charge in [0.25, 0.3) is 11.5 Å². The maximum atomic E-state index is 12.7. The number of carbonyl (C=O) groups is 1. The molecule has 140 valence electrons. The molecule has 0 aliphatic rings. The first-order valence-corrected chi connectivity index (χ1v) is 9.09. The molecule has 0 atom stereocenters. The average Bonchev–Trinajstić information content (AvgIpc) is 2.67. The summed E-state index contributed by atoms with van der Waals surface area (Å²) in [5, 5.41) is 2.83. The van der Waals surface area contributed by atoms with Crippen molar-refractivity contribution < 1.29 is 4.79 Å². The molecule has 3 rings (SSSR count). The first-order chi connectivity index (χ1) is 13.0. The van der Waals surface area contributed by atoms with Gasteiger partial charge in [-0.25, -0.2) is 4.98 Å². The number of aromatic nitrogens is 2. The number of anilines is 2. The number of hydrogen-bond donors (Lipinski definition) is 1. The molecule has 0 aliphatic heterocycles. The van der Waals surface area contributed by atoms with E-state index in [4.69, 9.17) is 0 Å². The van der Waals surface area contributed by atoms with E-state index in [1.54, 1.807) is 13.1 Å². The molecule has 0 saturated carbocycles. The lowest BCUT2D eigenvalue weighted by atomic mass is 10.1. The molecule has 1 amide bonds. The molecule has 6 nitrogen and oxygen atoms in total. The summed E-state index contributed by atoms with van der Waals surface area (Å²) in [6.07, 6.45) is 0. The third kappa shape index (κ3) is 3.56. The zero-order valence-corrected chi connectivity index (χ0v) is 16.1. The number of rotatable bonds is 5. The Morgan fingerprint density at radius 1 is 1.15 bits per heavy atom. The van der Waals surface area contributed by atoms with Crippen molar-refractivity contribution in [3.05, 3.63) is 64.1 Å². The summed E-state index contributed by atoms with van der Waals surface area (Å²) in [6.45, 7) is 7.98. The van der Waals surface area contributed by atoms with E-state index < -0.39 is 11.5 Å². The van der Waals surface area contributed by atoms with Crippen LogP contribution in [0.4, 0.5) is 11.4 Å². The van der Waals surface area contributed by atoms with Crippen molar-refractivity contribution in [2.45, 2.75) is 20.8 Å². The molecule has 1 N–H and O–H groups in total. The first-order valence-electron chi connectivity index (χ1n) is 9.09. The lowest BCUT2D eigenvalue weighted by Crippen LogP contribution is -2.30. The smallest absolute Gasteiger partial charge is 0.282 e. The summed E-state index contributed by atoms with van der Waals surface area (Å²) in [7, 11) is 1.65. The number of fused-ring (bicyclic) bond motifs is 1. The number of hydrogen-bond acceptors (Lipinski definition) is 4. The van der Waals surface area contributed by atoms with E-state index >= 15 is 0 Å².